The predicted molar refractivity (Wildman–Crippen MR) is 128 cm³/mol. The highest BCUT2D eigenvalue weighted by Crippen LogP contribution is 2.37. The first-order valence-corrected chi connectivity index (χ1v) is 11.5. The Morgan fingerprint density at radius 1 is 0.758 bits per heavy atom. The van der Waals surface area contributed by atoms with Gasteiger partial charge in [0.15, 0.2) is 0 Å². The van der Waals surface area contributed by atoms with E-state index >= 15 is 0 Å². The summed E-state index contributed by atoms with van der Waals surface area (Å²) in [5, 5.41) is 0. The molecule has 0 spiro atoms. The minimum Gasteiger partial charge on any atom is -0.389 e. The minimum atomic E-state index is -0.600. The Hall–Kier alpha value is -3.53. The summed E-state index contributed by atoms with van der Waals surface area (Å²) in [7, 11) is 0. The van der Waals surface area contributed by atoms with Gasteiger partial charge in [0.2, 0.25) is 0 Å². The van der Waals surface area contributed by atoms with Crippen molar-refractivity contribution in [1.29, 1.82) is 0 Å². The van der Waals surface area contributed by atoms with E-state index in [1.54, 1.807) is 31.2 Å². The lowest BCUT2D eigenvalue weighted by Gasteiger charge is -2.06. The molecule has 0 atom stereocenters. The van der Waals surface area contributed by atoms with Crippen molar-refractivity contribution in [2.24, 2.45) is 0 Å². The van der Waals surface area contributed by atoms with Crippen molar-refractivity contribution in [3.05, 3.63) is 94.5 Å². The van der Waals surface area contributed by atoms with E-state index < -0.39 is 11.9 Å². The highest BCUT2D eigenvalue weighted by atomic mass is 16.6. The highest BCUT2D eigenvalue weighted by molar-refractivity contribution is 5.96. The van der Waals surface area contributed by atoms with Crippen LogP contribution in [0.1, 0.15) is 65.2 Å². The van der Waals surface area contributed by atoms with Crippen LogP contribution in [-0.4, -0.2) is 17.7 Å². The number of ether oxygens (including phenoxy) is 1. The second-order valence-corrected chi connectivity index (χ2v) is 8.70. The SMILES string of the molecule is CC(=O)CCCc1ccc2c(c1)Cc1cc(CCCC(=O)OC(=O)c3ccccc3)ccc1-2. The van der Waals surface area contributed by atoms with Gasteiger partial charge in [-0.25, -0.2) is 4.79 Å². The van der Waals surface area contributed by atoms with Gasteiger partial charge in [0, 0.05) is 12.8 Å². The Labute approximate surface area is 194 Å². The number of benzene rings is 3. The zero-order valence-electron chi connectivity index (χ0n) is 18.9. The maximum atomic E-state index is 12.0. The number of rotatable bonds is 9. The van der Waals surface area contributed by atoms with E-state index in [1.165, 1.54) is 33.4 Å². The Morgan fingerprint density at radius 2 is 1.33 bits per heavy atom. The normalized spacial score (nSPS) is 11.5. The molecule has 0 bridgehead atoms. The van der Waals surface area contributed by atoms with Gasteiger partial charge in [-0.1, -0.05) is 54.6 Å². The van der Waals surface area contributed by atoms with Crippen molar-refractivity contribution in [3.8, 4) is 11.1 Å². The van der Waals surface area contributed by atoms with Crippen molar-refractivity contribution in [1.82, 2.24) is 0 Å². The molecule has 168 valence electrons. The maximum Gasteiger partial charge on any atom is 0.345 e. The van der Waals surface area contributed by atoms with Crippen molar-refractivity contribution < 1.29 is 19.1 Å². The number of Topliss-reactive ketones (excluding diaryl/α,β-unsaturated/α-hetero) is 1. The number of hydrogen-bond acceptors (Lipinski definition) is 4. The fourth-order valence-electron chi connectivity index (χ4n) is 4.39. The molecular weight excluding hydrogens is 412 g/mol. The number of fused-ring (bicyclic) bond motifs is 3. The van der Waals surface area contributed by atoms with Crippen LogP contribution in [0.15, 0.2) is 66.7 Å². The minimum absolute atomic E-state index is 0.208. The molecule has 0 unspecified atom stereocenters. The van der Waals surface area contributed by atoms with Gasteiger partial charge in [-0.15, -0.1) is 0 Å². The fraction of sp³-hybridized carbons (Fsp3) is 0.276. The van der Waals surface area contributed by atoms with Crippen molar-refractivity contribution >= 4 is 17.7 Å². The summed E-state index contributed by atoms with van der Waals surface area (Å²) < 4.78 is 4.95. The topological polar surface area (TPSA) is 60.4 Å². The average Bonchev–Trinajstić information content (AvgIpc) is 3.16. The number of carbonyl (C=O) groups excluding carboxylic acids is 3. The van der Waals surface area contributed by atoms with Gasteiger partial charge in [-0.2, -0.15) is 0 Å². The lowest BCUT2D eigenvalue weighted by atomic mass is 9.99. The lowest BCUT2D eigenvalue weighted by molar-refractivity contribution is -0.138. The number of esters is 2. The molecule has 33 heavy (non-hydrogen) atoms. The van der Waals surface area contributed by atoms with Gasteiger partial charge < -0.3 is 9.53 Å². The van der Waals surface area contributed by atoms with Gasteiger partial charge in [0.25, 0.3) is 0 Å². The number of ketones is 1. The van der Waals surface area contributed by atoms with Crippen LogP contribution in [0.3, 0.4) is 0 Å². The molecule has 4 rings (SSSR count). The van der Waals surface area contributed by atoms with E-state index in [9.17, 15) is 14.4 Å². The van der Waals surface area contributed by atoms with Crippen LogP contribution in [0.2, 0.25) is 0 Å². The Balaban J connectivity index is 1.29. The first kappa shape index (κ1) is 22.7. The summed E-state index contributed by atoms with van der Waals surface area (Å²) in [5.74, 6) is -0.849. The molecule has 4 heteroatoms. The highest BCUT2D eigenvalue weighted by Gasteiger charge is 2.19. The molecule has 0 aliphatic heterocycles. The van der Waals surface area contributed by atoms with Crippen LogP contribution >= 0.6 is 0 Å². The van der Waals surface area contributed by atoms with Crippen molar-refractivity contribution in [3.63, 3.8) is 0 Å². The molecular formula is C29H28O4. The smallest absolute Gasteiger partial charge is 0.345 e. The van der Waals surface area contributed by atoms with E-state index in [4.69, 9.17) is 4.74 Å². The third-order valence-corrected chi connectivity index (χ3v) is 6.07. The molecule has 0 radical (unpaired) electrons. The van der Waals surface area contributed by atoms with Gasteiger partial charge in [0.05, 0.1) is 5.56 Å². The number of hydrogen-bond donors (Lipinski definition) is 0. The van der Waals surface area contributed by atoms with E-state index in [1.807, 2.05) is 6.07 Å². The second kappa shape index (κ2) is 10.4. The van der Waals surface area contributed by atoms with Crippen molar-refractivity contribution in [2.45, 2.75) is 51.9 Å². The van der Waals surface area contributed by atoms with E-state index in [0.717, 1.165) is 25.7 Å². The molecule has 1 aliphatic carbocycles. The molecule has 0 fully saturated rings. The summed E-state index contributed by atoms with van der Waals surface area (Å²) in [5.41, 5.74) is 8.06. The fourth-order valence-corrected chi connectivity index (χ4v) is 4.39. The molecule has 0 saturated heterocycles. The number of carbonyl (C=O) groups is 3. The molecule has 0 amide bonds. The third-order valence-electron chi connectivity index (χ3n) is 6.07. The standard InChI is InChI=1S/C29H28O4/c1-20(30)7-5-8-21-13-15-26-24(17-21)19-25-18-22(14-16-27(25)26)9-6-12-28(31)33-29(32)23-10-3-2-4-11-23/h2-4,10-11,13-18H,5-9,12,19H2,1H3. The molecule has 3 aromatic rings. The van der Waals surface area contributed by atoms with E-state index in [-0.39, 0.29) is 12.2 Å². The van der Waals surface area contributed by atoms with Crippen LogP contribution in [0.25, 0.3) is 11.1 Å². The van der Waals surface area contributed by atoms with Gasteiger partial charge >= 0.3 is 11.9 Å². The first-order chi connectivity index (χ1) is 16.0. The van der Waals surface area contributed by atoms with Gasteiger partial charge in [0.1, 0.15) is 5.78 Å². The Kier molecular flexibility index (Phi) is 7.13. The third kappa shape index (κ3) is 5.83. The zero-order chi connectivity index (χ0) is 23.2. The summed E-state index contributed by atoms with van der Waals surface area (Å²) in [6.07, 6.45) is 4.96. The Morgan fingerprint density at radius 3 is 1.91 bits per heavy atom. The summed E-state index contributed by atoms with van der Waals surface area (Å²) in [6, 6.07) is 21.7. The second-order valence-electron chi connectivity index (χ2n) is 8.70. The quantitative estimate of drug-likeness (QED) is 0.241. The number of aryl methyl sites for hydroxylation is 2. The molecule has 0 aromatic heterocycles. The Bertz CT molecular complexity index is 1180. The zero-order valence-corrected chi connectivity index (χ0v) is 18.9. The molecule has 4 nitrogen and oxygen atoms in total. The summed E-state index contributed by atoms with van der Waals surface area (Å²) in [4.78, 5) is 35.2. The monoisotopic (exact) mass is 440 g/mol. The summed E-state index contributed by atoms with van der Waals surface area (Å²) in [6.45, 7) is 1.64. The van der Waals surface area contributed by atoms with Crippen LogP contribution < -0.4 is 0 Å². The van der Waals surface area contributed by atoms with Gasteiger partial charge in [-0.05, 0) is 84.5 Å². The predicted octanol–water partition coefficient (Wildman–Crippen LogP) is 5.88. The van der Waals surface area contributed by atoms with Crippen LogP contribution in [0.4, 0.5) is 0 Å². The van der Waals surface area contributed by atoms with Crippen LogP contribution in [0.5, 0.6) is 0 Å². The van der Waals surface area contributed by atoms with Crippen LogP contribution in [0, 0.1) is 0 Å². The molecule has 3 aromatic carbocycles. The van der Waals surface area contributed by atoms with Gasteiger partial charge in [-0.3, -0.25) is 4.79 Å². The first-order valence-electron chi connectivity index (χ1n) is 11.5. The van der Waals surface area contributed by atoms with E-state index in [2.05, 4.69) is 36.4 Å². The average molecular weight is 441 g/mol. The van der Waals surface area contributed by atoms with Crippen molar-refractivity contribution in [2.75, 3.05) is 0 Å². The van der Waals surface area contributed by atoms with Crippen LogP contribution in [-0.2, 0) is 33.6 Å². The maximum absolute atomic E-state index is 12.0. The molecule has 0 N–H and O–H groups in total. The van der Waals surface area contributed by atoms with E-state index in [0.29, 0.717) is 18.4 Å². The summed E-state index contributed by atoms with van der Waals surface area (Å²) >= 11 is 0. The molecule has 0 saturated carbocycles. The molecule has 0 heterocycles. The lowest BCUT2D eigenvalue weighted by Crippen LogP contribution is -2.12. The molecule has 1 aliphatic rings. The largest absolute Gasteiger partial charge is 0.389 e.